The van der Waals surface area contributed by atoms with Crippen molar-refractivity contribution in [1.29, 1.82) is 0 Å². The molecule has 2 heterocycles. The van der Waals surface area contributed by atoms with Gasteiger partial charge in [-0.3, -0.25) is 4.79 Å². The van der Waals surface area contributed by atoms with Crippen LogP contribution in [0.15, 0.2) is 10.7 Å². The predicted molar refractivity (Wildman–Crippen MR) is 55.4 cm³/mol. The molecule has 0 fully saturated rings. The van der Waals surface area contributed by atoms with Crippen molar-refractivity contribution in [3.05, 3.63) is 16.2 Å². The summed E-state index contributed by atoms with van der Waals surface area (Å²) in [5.41, 5.74) is 1.71. The Balaban J connectivity index is 2.54. The highest BCUT2D eigenvalue weighted by molar-refractivity contribution is 9.10. The van der Waals surface area contributed by atoms with Gasteiger partial charge in [-0.1, -0.05) is 6.92 Å². The maximum atomic E-state index is 11.1. The minimum absolute atomic E-state index is 0.0464. The van der Waals surface area contributed by atoms with Crippen LogP contribution in [0.3, 0.4) is 0 Å². The van der Waals surface area contributed by atoms with Gasteiger partial charge in [-0.05, 0) is 27.9 Å². The standard InChI is InChI=1S/C9H9BrN2O2/c1-2-5-6(10)3-11-9-8(5)12-7(13)4-14-9/h3H,2,4H2,1H3,(H,12,13). The highest BCUT2D eigenvalue weighted by Gasteiger charge is 2.21. The van der Waals surface area contributed by atoms with E-state index >= 15 is 0 Å². The zero-order valence-electron chi connectivity index (χ0n) is 7.63. The molecular formula is C9H9BrN2O2. The number of nitrogens with zero attached hydrogens (tertiary/aromatic N) is 1. The molecule has 1 aromatic heterocycles. The van der Waals surface area contributed by atoms with Crippen LogP contribution in [0.1, 0.15) is 12.5 Å². The second-order valence-electron chi connectivity index (χ2n) is 2.96. The van der Waals surface area contributed by atoms with Crippen molar-refractivity contribution in [2.45, 2.75) is 13.3 Å². The van der Waals surface area contributed by atoms with E-state index in [1.54, 1.807) is 6.20 Å². The number of halogens is 1. The van der Waals surface area contributed by atoms with E-state index in [1.165, 1.54) is 0 Å². The lowest BCUT2D eigenvalue weighted by Gasteiger charge is -2.19. The SMILES string of the molecule is CCc1c(Br)cnc2c1NC(=O)CO2. The van der Waals surface area contributed by atoms with Gasteiger partial charge in [0.2, 0.25) is 5.88 Å². The number of carbonyl (C=O) groups is 1. The van der Waals surface area contributed by atoms with Crippen LogP contribution < -0.4 is 10.1 Å². The van der Waals surface area contributed by atoms with Gasteiger partial charge in [-0.15, -0.1) is 0 Å². The molecule has 0 saturated carbocycles. The van der Waals surface area contributed by atoms with Crippen molar-refractivity contribution < 1.29 is 9.53 Å². The Bertz CT molecular complexity index is 393. The van der Waals surface area contributed by atoms with Crippen LogP contribution >= 0.6 is 15.9 Å². The molecule has 0 atom stereocenters. The molecule has 2 rings (SSSR count). The fourth-order valence-corrected chi connectivity index (χ4v) is 1.98. The van der Waals surface area contributed by atoms with Crippen LogP contribution in [0.2, 0.25) is 0 Å². The van der Waals surface area contributed by atoms with E-state index in [1.807, 2.05) is 6.92 Å². The fraction of sp³-hybridized carbons (Fsp3) is 0.333. The third-order valence-electron chi connectivity index (χ3n) is 2.06. The summed E-state index contributed by atoms with van der Waals surface area (Å²) >= 11 is 3.39. The van der Waals surface area contributed by atoms with Gasteiger partial charge in [-0.25, -0.2) is 4.98 Å². The molecule has 5 heteroatoms. The summed E-state index contributed by atoms with van der Waals surface area (Å²) in [7, 11) is 0. The number of aromatic nitrogens is 1. The Labute approximate surface area is 89.8 Å². The Morgan fingerprint density at radius 3 is 3.21 bits per heavy atom. The minimum Gasteiger partial charge on any atom is -0.466 e. The number of nitrogens with one attached hydrogen (secondary N) is 1. The third-order valence-corrected chi connectivity index (χ3v) is 2.74. The van der Waals surface area contributed by atoms with Crippen molar-refractivity contribution in [2.24, 2.45) is 0 Å². The van der Waals surface area contributed by atoms with Gasteiger partial charge in [0.15, 0.2) is 6.61 Å². The molecule has 1 aliphatic heterocycles. The fourth-order valence-electron chi connectivity index (χ4n) is 1.40. The molecule has 1 amide bonds. The number of ether oxygens (including phenoxy) is 1. The number of hydrogen-bond acceptors (Lipinski definition) is 3. The Hall–Kier alpha value is -1.10. The summed E-state index contributed by atoms with van der Waals surface area (Å²) in [5, 5.41) is 2.76. The second-order valence-corrected chi connectivity index (χ2v) is 3.81. The van der Waals surface area contributed by atoms with Crippen molar-refractivity contribution in [3.8, 4) is 5.88 Å². The average molecular weight is 257 g/mol. The lowest BCUT2D eigenvalue weighted by atomic mass is 10.1. The summed E-state index contributed by atoms with van der Waals surface area (Å²) in [6.45, 7) is 2.06. The van der Waals surface area contributed by atoms with Crippen molar-refractivity contribution in [1.82, 2.24) is 4.98 Å². The molecule has 4 nitrogen and oxygen atoms in total. The Morgan fingerprint density at radius 1 is 1.71 bits per heavy atom. The number of rotatable bonds is 1. The lowest BCUT2D eigenvalue weighted by molar-refractivity contribution is -0.118. The van der Waals surface area contributed by atoms with Crippen molar-refractivity contribution in [3.63, 3.8) is 0 Å². The normalized spacial score (nSPS) is 14.3. The summed E-state index contributed by atoms with van der Waals surface area (Å²) in [4.78, 5) is 15.2. The molecule has 14 heavy (non-hydrogen) atoms. The van der Waals surface area contributed by atoms with Gasteiger partial charge < -0.3 is 10.1 Å². The van der Waals surface area contributed by atoms with Gasteiger partial charge >= 0.3 is 0 Å². The second kappa shape index (κ2) is 3.57. The van der Waals surface area contributed by atoms with Crippen molar-refractivity contribution in [2.75, 3.05) is 11.9 Å². The largest absolute Gasteiger partial charge is 0.466 e. The number of fused-ring (bicyclic) bond motifs is 1. The summed E-state index contributed by atoms with van der Waals surface area (Å²) in [6, 6.07) is 0. The third kappa shape index (κ3) is 1.48. The quantitative estimate of drug-likeness (QED) is 0.833. The van der Waals surface area contributed by atoms with E-state index in [9.17, 15) is 4.79 Å². The van der Waals surface area contributed by atoms with E-state index < -0.39 is 0 Å². The zero-order valence-corrected chi connectivity index (χ0v) is 9.22. The minimum atomic E-state index is -0.132. The van der Waals surface area contributed by atoms with Gasteiger partial charge in [-0.2, -0.15) is 0 Å². The molecule has 1 aliphatic rings. The molecule has 1 N–H and O–H groups in total. The maximum Gasteiger partial charge on any atom is 0.262 e. The van der Waals surface area contributed by atoms with E-state index in [0.717, 1.165) is 16.5 Å². The van der Waals surface area contributed by atoms with E-state index in [2.05, 4.69) is 26.2 Å². The highest BCUT2D eigenvalue weighted by Crippen LogP contribution is 2.33. The zero-order chi connectivity index (χ0) is 10.1. The molecule has 0 radical (unpaired) electrons. The van der Waals surface area contributed by atoms with Gasteiger partial charge in [0.25, 0.3) is 5.91 Å². The molecule has 0 aromatic carbocycles. The topological polar surface area (TPSA) is 51.2 Å². The average Bonchev–Trinajstić information content (AvgIpc) is 2.17. The lowest BCUT2D eigenvalue weighted by Crippen LogP contribution is -2.27. The monoisotopic (exact) mass is 256 g/mol. The summed E-state index contributed by atoms with van der Waals surface area (Å²) < 4.78 is 6.08. The number of carbonyl (C=O) groups excluding carboxylic acids is 1. The summed E-state index contributed by atoms with van der Waals surface area (Å²) in [5.74, 6) is 0.372. The number of pyridine rings is 1. The Kier molecular flexibility index (Phi) is 2.41. The number of anilines is 1. The van der Waals surface area contributed by atoms with E-state index in [-0.39, 0.29) is 12.5 Å². The molecule has 0 bridgehead atoms. The highest BCUT2D eigenvalue weighted by atomic mass is 79.9. The van der Waals surface area contributed by atoms with Crippen LogP contribution in [0.5, 0.6) is 5.88 Å². The molecule has 0 unspecified atom stereocenters. The van der Waals surface area contributed by atoms with Crippen LogP contribution in [0.4, 0.5) is 5.69 Å². The smallest absolute Gasteiger partial charge is 0.262 e. The maximum absolute atomic E-state index is 11.1. The first-order valence-corrected chi connectivity index (χ1v) is 5.11. The van der Waals surface area contributed by atoms with Gasteiger partial charge in [0, 0.05) is 10.7 Å². The van der Waals surface area contributed by atoms with Crippen LogP contribution in [0.25, 0.3) is 0 Å². The van der Waals surface area contributed by atoms with Crippen LogP contribution in [0, 0.1) is 0 Å². The molecule has 0 spiro atoms. The molecule has 1 aromatic rings. The predicted octanol–water partition coefficient (Wildman–Crippen LogP) is 1.74. The first kappa shape index (κ1) is 9.45. The van der Waals surface area contributed by atoms with Gasteiger partial charge in [0.05, 0.1) is 0 Å². The van der Waals surface area contributed by atoms with Crippen LogP contribution in [-0.2, 0) is 11.2 Å². The number of hydrogen-bond donors (Lipinski definition) is 1. The molecular weight excluding hydrogens is 248 g/mol. The van der Waals surface area contributed by atoms with Crippen LogP contribution in [-0.4, -0.2) is 17.5 Å². The van der Waals surface area contributed by atoms with Gasteiger partial charge in [0.1, 0.15) is 5.69 Å². The number of amides is 1. The van der Waals surface area contributed by atoms with E-state index in [0.29, 0.717) is 11.6 Å². The first-order valence-electron chi connectivity index (χ1n) is 4.32. The molecule has 0 aliphatic carbocycles. The Morgan fingerprint density at radius 2 is 2.50 bits per heavy atom. The summed E-state index contributed by atoms with van der Waals surface area (Å²) in [6.07, 6.45) is 2.50. The van der Waals surface area contributed by atoms with E-state index in [4.69, 9.17) is 4.74 Å². The first-order chi connectivity index (χ1) is 6.72. The van der Waals surface area contributed by atoms with Crippen molar-refractivity contribution >= 4 is 27.5 Å². The molecule has 74 valence electrons. The molecule has 0 saturated heterocycles.